The third kappa shape index (κ3) is 7.33. The predicted molar refractivity (Wildman–Crippen MR) is 156 cm³/mol. The molecule has 0 bridgehead atoms. The number of hydrogen-bond acceptors (Lipinski definition) is 3. The molecule has 0 aliphatic carbocycles. The first kappa shape index (κ1) is 29.1. The van der Waals surface area contributed by atoms with Crippen molar-refractivity contribution in [2.24, 2.45) is 9.50 Å². The molecular formula is C28H34Cl2N4O2S. The maximum atomic E-state index is 13.2. The van der Waals surface area contributed by atoms with Crippen molar-refractivity contribution in [1.29, 1.82) is 0 Å². The van der Waals surface area contributed by atoms with Gasteiger partial charge in [0.1, 0.15) is 9.92 Å². The van der Waals surface area contributed by atoms with Gasteiger partial charge in [-0.2, -0.15) is 0 Å². The number of hydrogen-bond donors (Lipinski definition) is 2. The standard InChI is InChI=1S/C28H34Cl2N4O2S/c1-17(2)23-13-21(20-9-12-25(29)26(30)15-20)14-24(18(3)4)27(23)32-28(35)33-37(31,36)22-10-7-19(8-11-22)16-34(5)6/h7-15,17-18H,16H2,1-6H3,(H3,31,32,33,35,36). The summed E-state index contributed by atoms with van der Waals surface area (Å²) in [6.45, 7) is 8.93. The van der Waals surface area contributed by atoms with Crippen molar-refractivity contribution in [2.75, 3.05) is 19.4 Å². The van der Waals surface area contributed by atoms with Gasteiger partial charge < -0.3 is 10.2 Å². The van der Waals surface area contributed by atoms with Crippen LogP contribution in [0.4, 0.5) is 10.5 Å². The number of amides is 2. The first-order valence-electron chi connectivity index (χ1n) is 12.0. The van der Waals surface area contributed by atoms with Gasteiger partial charge in [0.25, 0.3) is 0 Å². The van der Waals surface area contributed by atoms with Crippen molar-refractivity contribution >= 4 is 44.8 Å². The van der Waals surface area contributed by atoms with Crippen LogP contribution in [-0.2, 0) is 16.5 Å². The molecule has 2 amide bonds. The summed E-state index contributed by atoms with van der Waals surface area (Å²) < 4.78 is 17.1. The van der Waals surface area contributed by atoms with Gasteiger partial charge in [-0.05, 0) is 90.1 Å². The average Bonchev–Trinajstić information content (AvgIpc) is 2.80. The SMILES string of the molecule is CC(C)c1cc(-c2ccc(Cl)c(Cl)c2)cc(C(C)C)c1NC(=O)N=S(N)(=O)c1ccc(CN(C)C)cc1. The van der Waals surface area contributed by atoms with E-state index in [0.29, 0.717) is 20.6 Å². The normalized spacial score (nSPS) is 13.2. The average molecular weight is 562 g/mol. The second kappa shape index (κ2) is 12.0. The van der Waals surface area contributed by atoms with Crippen LogP contribution in [0.3, 0.4) is 0 Å². The van der Waals surface area contributed by atoms with Crippen molar-refractivity contribution in [3.05, 3.63) is 81.3 Å². The van der Waals surface area contributed by atoms with Gasteiger partial charge in [-0.15, -0.1) is 4.36 Å². The highest BCUT2D eigenvalue weighted by Crippen LogP contribution is 2.38. The summed E-state index contributed by atoms with van der Waals surface area (Å²) in [7, 11) is 0.503. The lowest BCUT2D eigenvalue weighted by molar-refractivity contribution is 0.260. The summed E-state index contributed by atoms with van der Waals surface area (Å²) >= 11 is 12.4. The molecule has 0 saturated heterocycles. The van der Waals surface area contributed by atoms with Crippen molar-refractivity contribution in [1.82, 2.24) is 4.90 Å². The van der Waals surface area contributed by atoms with E-state index >= 15 is 0 Å². The molecule has 3 N–H and O–H groups in total. The number of benzene rings is 3. The van der Waals surface area contributed by atoms with E-state index in [9.17, 15) is 9.00 Å². The lowest BCUT2D eigenvalue weighted by Crippen LogP contribution is -2.19. The number of nitrogens with one attached hydrogen (secondary N) is 1. The van der Waals surface area contributed by atoms with E-state index in [0.717, 1.165) is 34.4 Å². The predicted octanol–water partition coefficient (Wildman–Crippen LogP) is 7.90. The van der Waals surface area contributed by atoms with Crippen molar-refractivity contribution in [3.8, 4) is 11.1 Å². The van der Waals surface area contributed by atoms with Crippen LogP contribution in [0.2, 0.25) is 10.0 Å². The molecule has 0 aromatic heterocycles. The second-order valence-electron chi connectivity index (χ2n) is 9.94. The molecule has 1 unspecified atom stereocenters. The molecular weight excluding hydrogens is 527 g/mol. The second-order valence-corrected chi connectivity index (χ2v) is 12.5. The summed E-state index contributed by atoms with van der Waals surface area (Å²) in [5.41, 5.74) is 5.42. The molecule has 0 fully saturated rings. The maximum Gasteiger partial charge on any atom is 0.354 e. The lowest BCUT2D eigenvalue weighted by atomic mass is 9.88. The molecule has 9 heteroatoms. The quantitative estimate of drug-likeness (QED) is 0.307. The Hall–Kier alpha value is -2.42. The maximum absolute atomic E-state index is 13.2. The number of nitrogens with two attached hydrogens (primary N) is 1. The van der Waals surface area contributed by atoms with Crippen molar-refractivity contribution < 1.29 is 9.00 Å². The van der Waals surface area contributed by atoms with Gasteiger partial charge in [-0.3, -0.25) is 0 Å². The number of urea groups is 1. The van der Waals surface area contributed by atoms with E-state index in [2.05, 4.69) is 9.68 Å². The Morgan fingerprint density at radius 3 is 1.97 bits per heavy atom. The van der Waals surface area contributed by atoms with E-state index < -0.39 is 15.9 Å². The van der Waals surface area contributed by atoms with E-state index in [-0.39, 0.29) is 11.8 Å². The van der Waals surface area contributed by atoms with Gasteiger partial charge in [0, 0.05) is 12.2 Å². The van der Waals surface area contributed by atoms with Crippen LogP contribution in [0, 0.1) is 0 Å². The number of rotatable bonds is 7. The van der Waals surface area contributed by atoms with Gasteiger partial charge in [0.2, 0.25) is 0 Å². The highest BCUT2D eigenvalue weighted by Gasteiger charge is 2.20. The molecule has 0 heterocycles. The molecule has 0 spiro atoms. The third-order valence-electron chi connectivity index (χ3n) is 5.91. The number of carbonyl (C=O) groups excluding carboxylic acids is 1. The summed E-state index contributed by atoms with van der Waals surface area (Å²) in [5.74, 6) is 0.170. The first-order chi connectivity index (χ1) is 17.3. The fourth-order valence-corrected chi connectivity index (χ4v) is 5.27. The zero-order valence-electron chi connectivity index (χ0n) is 22.0. The summed E-state index contributed by atoms with van der Waals surface area (Å²) in [6.07, 6.45) is 0. The van der Waals surface area contributed by atoms with Crippen LogP contribution in [0.1, 0.15) is 56.2 Å². The smallest absolute Gasteiger partial charge is 0.305 e. The van der Waals surface area contributed by atoms with Gasteiger partial charge in [-0.25, -0.2) is 14.1 Å². The van der Waals surface area contributed by atoms with E-state index in [1.54, 1.807) is 18.2 Å². The molecule has 3 rings (SSSR count). The molecule has 3 aromatic carbocycles. The molecule has 0 aliphatic heterocycles. The van der Waals surface area contributed by atoms with E-state index in [4.69, 9.17) is 28.3 Å². The highest BCUT2D eigenvalue weighted by molar-refractivity contribution is 7.91. The minimum Gasteiger partial charge on any atom is -0.305 e. The van der Waals surface area contributed by atoms with E-state index in [1.807, 2.05) is 83.1 Å². The van der Waals surface area contributed by atoms with Gasteiger partial charge in [0.15, 0.2) is 0 Å². The van der Waals surface area contributed by atoms with E-state index in [1.165, 1.54) is 0 Å². The summed E-state index contributed by atoms with van der Waals surface area (Å²) in [5, 5.41) is 9.88. The number of nitrogens with zero attached hydrogens (tertiary/aromatic N) is 2. The highest BCUT2D eigenvalue weighted by atomic mass is 35.5. The molecule has 0 aliphatic rings. The topological polar surface area (TPSA) is 87.8 Å². The minimum atomic E-state index is -3.43. The van der Waals surface area contributed by atoms with Crippen molar-refractivity contribution in [2.45, 2.75) is 51.0 Å². The molecule has 0 radical (unpaired) electrons. The minimum absolute atomic E-state index is 0.0852. The fraction of sp³-hybridized carbons (Fsp3) is 0.321. The Morgan fingerprint density at radius 2 is 1.49 bits per heavy atom. The van der Waals surface area contributed by atoms with Gasteiger partial charge in [0.05, 0.1) is 14.9 Å². The lowest BCUT2D eigenvalue weighted by Gasteiger charge is -2.22. The Labute approximate surface area is 230 Å². The molecule has 3 aromatic rings. The zero-order valence-corrected chi connectivity index (χ0v) is 24.3. The monoisotopic (exact) mass is 560 g/mol. The molecule has 0 saturated carbocycles. The van der Waals surface area contributed by atoms with Gasteiger partial charge >= 0.3 is 6.03 Å². The zero-order chi connectivity index (χ0) is 27.5. The molecule has 198 valence electrons. The Balaban J connectivity index is 2.01. The first-order valence-corrected chi connectivity index (χ1v) is 14.3. The largest absolute Gasteiger partial charge is 0.354 e. The van der Waals surface area contributed by atoms with Gasteiger partial charge in [-0.1, -0.05) is 69.1 Å². The number of anilines is 1. The molecule has 37 heavy (non-hydrogen) atoms. The van der Waals surface area contributed by atoms with Crippen LogP contribution < -0.4 is 10.5 Å². The summed E-state index contributed by atoms with van der Waals surface area (Å²) in [6, 6.07) is 15.8. The van der Waals surface area contributed by atoms with Crippen LogP contribution in [-0.4, -0.2) is 29.2 Å². The Kier molecular flexibility index (Phi) is 9.42. The molecule has 1 atom stereocenters. The van der Waals surface area contributed by atoms with Crippen LogP contribution in [0.15, 0.2) is 63.9 Å². The fourth-order valence-electron chi connectivity index (χ4n) is 4.05. The van der Waals surface area contributed by atoms with Crippen LogP contribution >= 0.6 is 23.2 Å². The Morgan fingerprint density at radius 1 is 0.919 bits per heavy atom. The van der Waals surface area contributed by atoms with Crippen LogP contribution in [0.5, 0.6) is 0 Å². The summed E-state index contributed by atoms with van der Waals surface area (Å²) in [4.78, 5) is 15.3. The molecule has 6 nitrogen and oxygen atoms in total. The number of halogens is 2. The third-order valence-corrected chi connectivity index (χ3v) is 8.03. The Bertz CT molecular complexity index is 1380. The van der Waals surface area contributed by atoms with Crippen LogP contribution in [0.25, 0.3) is 11.1 Å². The van der Waals surface area contributed by atoms with Crippen molar-refractivity contribution in [3.63, 3.8) is 0 Å². The number of carbonyl (C=O) groups is 1.